The first kappa shape index (κ1) is 22.8. The number of H-pyrrole nitrogens is 1. The minimum atomic E-state index is -1.22. The Balaban J connectivity index is 1.82. The minimum Gasteiger partial charge on any atom is -0.496 e. The molecule has 8 heteroatoms. The summed E-state index contributed by atoms with van der Waals surface area (Å²) < 4.78 is 13.6. The molecule has 0 aliphatic carbocycles. The van der Waals surface area contributed by atoms with E-state index in [-0.39, 0.29) is 12.4 Å². The molecule has 0 saturated carbocycles. The largest absolute Gasteiger partial charge is 0.496 e. The van der Waals surface area contributed by atoms with E-state index in [4.69, 9.17) is 19.9 Å². The summed E-state index contributed by atoms with van der Waals surface area (Å²) in [5.74, 6) is 1.11. The molecule has 0 radical (unpaired) electrons. The number of ether oxygens (including phenoxy) is 2. The van der Waals surface area contributed by atoms with Crippen LogP contribution in [0.2, 0.25) is 25.7 Å². The number of nitrogens with zero attached hydrogens (tertiary/aromatic N) is 3. The van der Waals surface area contributed by atoms with E-state index in [9.17, 15) is 5.26 Å². The first-order chi connectivity index (χ1) is 15.7. The van der Waals surface area contributed by atoms with Crippen LogP contribution in [0.5, 0.6) is 5.75 Å². The summed E-state index contributed by atoms with van der Waals surface area (Å²) in [6.07, 6.45) is 1.87. The standard InChI is InChI=1S/C25H29N5O2Si/c1-16-12-21(31-2)22(18-8-9-28-24(16)18)23(27)25-29-19-13-17(14-26)6-7-20(19)30(25)15-32-10-11-33(3,4)5/h6-9,12-13,27-28H,10-11,15H2,1-5H3. The number of aromatic amines is 1. The van der Waals surface area contributed by atoms with Gasteiger partial charge in [-0.05, 0) is 48.9 Å². The number of fused-ring (bicyclic) bond motifs is 2. The maximum Gasteiger partial charge on any atom is 0.161 e. The molecule has 0 spiro atoms. The summed E-state index contributed by atoms with van der Waals surface area (Å²) in [6, 6.07) is 12.5. The molecule has 2 N–H and O–H groups in total. The summed E-state index contributed by atoms with van der Waals surface area (Å²) in [4.78, 5) is 8.03. The molecule has 7 nitrogen and oxygen atoms in total. The Bertz CT molecular complexity index is 1390. The van der Waals surface area contributed by atoms with Crippen LogP contribution in [-0.4, -0.2) is 42.0 Å². The Labute approximate surface area is 194 Å². The lowest BCUT2D eigenvalue weighted by Crippen LogP contribution is -2.22. The zero-order valence-corrected chi connectivity index (χ0v) is 20.7. The number of methoxy groups -OCH3 is 1. The van der Waals surface area contributed by atoms with Crippen molar-refractivity contribution in [1.82, 2.24) is 14.5 Å². The number of aryl methyl sites for hydroxylation is 1. The number of rotatable bonds is 8. The summed E-state index contributed by atoms with van der Waals surface area (Å²) >= 11 is 0. The van der Waals surface area contributed by atoms with Gasteiger partial charge in [-0.3, -0.25) is 9.98 Å². The molecule has 0 amide bonds. The number of imidazole rings is 1. The fourth-order valence-electron chi connectivity index (χ4n) is 3.96. The van der Waals surface area contributed by atoms with Crippen LogP contribution < -0.4 is 4.74 Å². The van der Waals surface area contributed by atoms with Gasteiger partial charge in [-0.25, -0.2) is 4.98 Å². The second kappa shape index (κ2) is 8.85. The van der Waals surface area contributed by atoms with Crippen molar-refractivity contribution in [2.24, 2.45) is 0 Å². The van der Waals surface area contributed by atoms with E-state index >= 15 is 0 Å². The van der Waals surface area contributed by atoms with Gasteiger partial charge in [0.1, 0.15) is 18.2 Å². The maximum atomic E-state index is 9.33. The van der Waals surface area contributed by atoms with Crippen molar-refractivity contribution in [2.75, 3.05) is 13.7 Å². The molecule has 4 rings (SSSR count). The average molecular weight is 460 g/mol. The molecule has 0 saturated heterocycles. The van der Waals surface area contributed by atoms with Crippen LogP contribution in [0.25, 0.3) is 21.9 Å². The van der Waals surface area contributed by atoms with Gasteiger partial charge in [0.2, 0.25) is 0 Å². The van der Waals surface area contributed by atoms with Gasteiger partial charge in [0.05, 0.1) is 35.3 Å². The normalized spacial score (nSPS) is 11.8. The minimum absolute atomic E-state index is 0.250. The van der Waals surface area contributed by atoms with Crippen LogP contribution in [0, 0.1) is 23.7 Å². The molecule has 2 heterocycles. The highest BCUT2D eigenvalue weighted by atomic mass is 28.3. The first-order valence-corrected chi connectivity index (χ1v) is 14.7. The Morgan fingerprint density at radius 1 is 1.24 bits per heavy atom. The maximum absolute atomic E-state index is 9.33. The summed E-state index contributed by atoms with van der Waals surface area (Å²) in [7, 11) is 0.395. The number of nitrogens with one attached hydrogen (secondary N) is 2. The molecule has 0 aliphatic heterocycles. The number of nitriles is 1. The molecule has 4 aromatic rings. The number of benzene rings is 2. The molecule has 0 aliphatic rings. The van der Waals surface area contributed by atoms with Gasteiger partial charge in [0.15, 0.2) is 5.82 Å². The Morgan fingerprint density at radius 3 is 2.73 bits per heavy atom. The van der Waals surface area contributed by atoms with E-state index in [0.717, 1.165) is 28.0 Å². The Kier molecular flexibility index (Phi) is 6.10. The molecule has 0 bridgehead atoms. The van der Waals surface area contributed by atoms with Gasteiger partial charge < -0.3 is 14.5 Å². The fourth-order valence-corrected chi connectivity index (χ4v) is 4.72. The van der Waals surface area contributed by atoms with Gasteiger partial charge in [0.25, 0.3) is 0 Å². The van der Waals surface area contributed by atoms with Crippen molar-refractivity contribution in [2.45, 2.75) is 39.3 Å². The smallest absolute Gasteiger partial charge is 0.161 e. The lowest BCUT2D eigenvalue weighted by Gasteiger charge is -2.17. The lowest BCUT2D eigenvalue weighted by molar-refractivity contribution is 0.0895. The molecule has 0 unspecified atom stereocenters. The van der Waals surface area contributed by atoms with Crippen LogP contribution >= 0.6 is 0 Å². The zero-order valence-electron chi connectivity index (χ0n) is 19.7. The topological polar surface area (TPSA) is 99.7 Å². The van der Waals surface area contributed by atoms with Crippen LogP contribution in [0.15, 0.2) is 36.5 Å². The second-order valence-corrected chi connectivity index (χ2v) is 15.1. The Hall–Kier alpha value is -3.41. The molecule has 2 aromatic carbocycles. The highest BCUT2D eigenvalue weighted by Crippen LogP contribution is 2.33. The SMILES string of the molecule is COc1cc(C)c2[nH]ccc2c1C(=N)c1nc2cc(C#N)ccc2n1COCC[Si](C)(C)C. The van der Waals surface area contributed by atoms with Gasteiger partial charge >= 0.3 is 0 Å². The molecule has 0 atom stereocenters. The number of hydrogen-bond acceptors (Lipinski definition) is 5. The third-order valence-electron chi connectivity index (χ3n) is 5.79. The third kappa shape index (κ3) is 4.42. The van der Waals surface area contributed by atoms with Gasteiger partial charge in [0, 0.05) is 31.8 Å². The van der Waals surface area contributed by atoms with Crippen molar-refractivity contribution in [3.05, 3.63) is 59.0 Å². The van der Waals surface area contributed by atoms with Crippen LogP contribution in [0.3, 0.4) is 0 Å². The van der Waals surface area contributed by atoms with E-state index < -0.39 is 8.07 Å². The molecule has 170 valence electrons. The van der Waals surface area contributed by atoms with Crippen LogP contribution in [-0.2, 0) is 11.5 Å². The van der Waals surface area contributed by atoms with E-state index in [1.165, 1.54) is 0 Å². The molecular weight excluding hydrogens is 430 g/mol. The quantitative estimate of drug-likeness (QED) is 0.208. The second-order valence-electron chi connectivity index (χ2n) is 9.44. The molecular formula is C25H29N5O2Si. The van der Waals surface area contributed by atoms with E-state index in [1.54, 1.807) is 19.2 Å². The summed E-state index contributed by atoms with van der Waals surface area (Å²) in [6.45, 7) is 9.92. The highest BCUT2D eigenvalue weighted by Gasteiger charge is 2.23. The summed E-state index contributed by atoms with van der Waals surface area (Å²) in [5.41, 5.74) is 4.98. The average Bonchev–Trinajstić information content (AvgIpc) is 3.40. The van der Waals surface area contributed by atoms with Crippen LogP contribution in [0.4, 0.5) is 0 Å². The molecule has 33 heavy (non-hydrogen) atoms. The van der Waals surface area contributed by atoms with Crippen molar-refractivity contribution in [3.63, 3.8) is 0 Å². The van der Waals surface area contributed by atoms with Crippen molar-refractivity contribution in [3.8, 4) is 11.8 Å². The van der Waals surface area contributed by atoms with Crippen molar-refractivity contribution in [1.29, 1.82) is 10.7 Å². The van der Waals surface area contributed by atoms with Gasteiger partial charge in [-0.1, -0.05) is 19.6 Å². The van der Waals surface area contributed by atoms with Crippen molar-refractivity contribution < 1.29 is 9.47 Å². The predicted octanol–water partition coefficient (Wildman–Crippen LogP) is 5.43. The Morgan fingerprint density at radius 2 is 2.03 bits per heavy atom. The first-order valence-electron chi connectivity index (χ1n) is 11.0. The fraction of sp³-hybridized carbons (Fsp3) is 0.320. The highest BCUT2D eigenvalue weighted by molar-refractivity contribution is 6.76. The number of hydrogen-bond donors (Lipinski definition) is 2. The summed E-state index contributed by atoms with van der Waals surface area (Å²) in [5, 5.41) is 19.4. The molecule has 2 aromatic heterocycles. The van der Waals surface area contributed by atoms with E-state index in [2.05, 4.69) is 30.7 Å². The van der Waals surface area contributed by atoms with Gasteiger partial charge in [-0.2, -0.15) is 5.26 Å². The van der Waals surface area contributed by atoms with E-state index in [1.807, 2.05) is 35.9 Å². The van der Waals surface area contributed by atoms with E-state index in [0.29, 0.717) is 34.8 Å². The zero-order chi connectivity index (χ0) is 23.8. The van der Waals surface area contributed by atoms with Crippen molar-refractivity contribution >= 4 is 35.7 Å². The number of aromatic nitrogens is 3. The third-order valence-corrected chi connectivity index (χ3v) is 7.50. The molecule has 0 fully saturated rings. The lowest BCUT2D eigenvalue weighted by atomic mass is 10.0. The van der Waals surface area contributed by atoms with Gasteiger partial charge in [-0.15, -0.1) is 0 Å². The van der Waals surface area contributed by atoms with Crippen LogP contribution in [0.1, 0.15) is 22.5 Å². The monoisotopic (exact) mass is 459 g/mol. The predicted molar refractivity (Wildman–Crippen MR) is 134 cm³/mol.